The first-order valence-electron chi connectivity index (χ1n) is 8.04. The van der Waals surface area contributed by atoms with Crippen molar-refractivity contribution < 1.29 is 13.2 Å². The van der Waals surface area contributed by atoms with E-state index in [0.717, 1.165) is 38.5 Å². The van der Waals surface area contributed by atoms with Crippen LogP contribution in [0, 0.1) is 0 Å². The van der Waals surface area contributed by atoms with E-state index >= 15 is 0 Å². The summed E-state index contributed by atoms with van der Waals surface area (Å²) in [4.78, 5) is 0. The van der Waals surface area contributed by atoms with Gasteiger partial charge in [0.05, 0.1) is 6.10 Å². The standard InChI is InChI=1S/C14H27ClN2O3S/c1-2-10-20-14-7-5-8-16(12-14)21(18,19)17-9-4-3-6-13(17)11-15/h13-14H,2-12H2,1H3. The first-order chi connectivity index (χ1) is 10.1. The summed E-state index contributed by atoms with van der Waals surface area (Å²) in [7, 11) is -3.40. The normalized spacial score (nSPS) is 29.6. The van der Waals surface area contributed by atoms with Gasteiger partial charge in [-0.2, -0.15) is 17.0 Å². The van der Waals surface area contributed by atoms with Crippen LogP contribution in [-0.4, -0.2) is 61.3 Å². The zero-order valence-electron chi connectivity index (χ0n) is 12.8. The molecule has 0 N–H and O–H groups in total. The fourth-order valence-electron chi connectivity index (χ4n) is 3.12. The van der Waals surface area contributed by atoms with Gasteiger partial charge in [0.15, 0.2) is 0 Å². The SMILES string of the molecule is CCCOC1CCCN(S(=O)(=O)N2CCCCC2CCl)C1. The average Bonchev–Trinajstić information content (AvgIpc) is 2.53. The summed E-state index contributed by atoms with van der Waals surface area (Å²) in [6.45, 7) is 4.44. The third-order valence-corrected chi connectivity index (χ3v) is 6.69. The molecule has 2 aliphatic heterocycles. The van der Waals surface area contributed by atoms with E-state index in [2.05, 4.69) is 6.92 Å². The highest BCUT2D eigenvalue weighted by atomic mass is 35.5. The van der Waals surface area contributed by atoms with Crippen LogP contribution in [0.3, 0.4) is 0 Å². The summed E-state index contributed by atoms with van der Waals surface area (Å²) in [5, 5.41) is 0. The van der Waals surface area contributed by atoms with E-state index in [1.807, 2.05) is 0 Å². The van der Waals surface area contributed by atoms with E-state index in [9.17, 15) is 8.42 Å². The number of piperidine rings is 2. The predicted octanol–water partition coefficient (Wildman–Crippen LogP) is 2.22. The van der Waals surface area contributed by atoms with E-state index in [4.69, 9.17) is 16.3 Å². The van der Waals surface area contributed by atoms with Crippen LogP contribution < -0.4 is 0 Å². The minimum absolute atomic E-state index is 0.0349. The molecule has 0 saturated carbocycles. The van der Waals surface area contributed by atoms with Crippen LogP contribution in [0.5, 0.6) is 0 Å². The smallest absolute Gasteiger partial charge is 0.282 e. The van der Waals surface area contributed by atoms with Gasteiger partial charge in [0.1, 0.15) is 0 Å². The van der Waals surface area contributed by atoms with Crippen molar-refractivity contribution in [1.29, 1.82) is 0 Å². The molecule has 7 heteroatoms. The molecule has 0 bridgehead atoms. The van der Waals surface area contributed by atoms with Crippen LogP contribution >= 0.6 is 11.6 Å². The van der Waals surface area contributed by atoms with Crippen molar-refractivity contribution in [3.8, 4) is 0 Å². The summed E-state index contributed by atoms with van der Waals surface area (Å²) in [6, 6.07) is -0.0534. The Bertz CT molecular complexity index is 418. The molecule has 0 aliphatic carbocycles. The molecule has 2 fully saturated rings. The summed E-state index contributed by atoms with van der Waals surface area (Å²) in [5.41, 5.74) is 0. The molecule has 0 radical (unpaired) electrons. The van der Waals surface area contributed by atoms with E-state index < -0.39 is 10.2 Å². The third kappa shape index (κ3) is 4.32. The summed E-state index contributed by atoms with van der Waals surface area (Å²) in [6.07, 6.45) is 5.67. The van der Waals surface area contributed by atoms with Crippen molar-refractivity contribution in [3.05, 3.63) is 0 Å². The number of alkyl halides is 1. The van der Waals surface area contributed by atoms with Crippen molar-refractivity contribution in [3.63, 3.8) is 0 Å². The Kier molecular flexibility index (Phi) is 6.75. The lowest BCUT2D eigenvalue weighted by atomic mass is 10.1. The first-order valence-corrected chi connectivity index (χ1v) is 9.97. The zero-order valence-corrected chi connectivity index (χ0v) is 14.4. The fraction of sp³-hybridized carbons (Fsp3) is 1.00. The molecule has 2 rings (SSSR count). The molecule has 0 aromatic rings. The quantitative estimate of drug-likeness (QED) is 0.698. The molecular formula is C14H27ClN2O3S. The molecular weight excluding hydrogens is 312 g/mol. The van der Waals surface area contributed by atoms with E-state index in [1.165, 1.54) is 0 Å². The Morgan fingerprint density at radius 3 is 2.71 bits per heavy atom. The molecule has 21 heavy (non-hydrogen) atoms. The van der Waals surface area contributed by atoms with Crippen LogP contribution in [0.25, 0.3) is 0 Å². The topological polar surface area (TPSA) is 49.9 Å². The summed E-state index contributed by atoms with van der Waals surface area (Å²) >= 11 is 5.97. The molecule has 0 aromatic carbocycles. The predicted molar refractivity (Wildman–Crippen MR) is 84.8 cm³/mol. The van der Waals surface area contributed by atoms with E-state index in [-0.39, 0.29) is 12.1 Å². The van der Waals surface area contributed by atoms with Crippen LogP contribution in [0.4, 0.5) is 0 Å². The van der Waals surface area contributed by atoms with Crippen molar-refractivity contribution in [2.24, 2.45) is 0 Å². The largest absolute Gasteiger partial charge is 0.377 e. The lowest BCUT2D eigenvalue weighted by molar-refractivity contribution is 0.0175. The maximum Gasteiger partial charge on any atom is 0.282 e. The van der Waals surface area contributed by atoms with Gasteiger partial charge in [-0.1, -0.05) is 13.3 Å². The van der Waals surface area contributed by atoms with Crippen LogP contribution in [0.1, 0.15) is 45.4 Å². The molecule has 0 aromatic heterocycles. The van der Waals surface area contributed by atoms with Crippen LogP contribution in [-0.2, 0) is 14.9 Å². The highest BCUT2D eigenvalue weighted by molar-refractivity contribution is 7.86. The highest BCUT2D eigenvalue weighted by Gasteiger charge is 2.38. The number of rotatable bonds is 6. The van der Waals surface area contributed by atoms with Gasteiger partial charge in [0.25, 0.3) is 10.2 Å². The lowest BCUT2D eigenvalue weighted by Gasteiger charge is -2.39. The number of halogens is 1. The van der Waals surface area contributed by atoms with Gasteiger partial charge in [0.2, 0.25) is 0 Å². The Labute approximate surface area is 133 Å². The van der Waals surface area contributed by atoms with Gasteiger partial charge in [0, 0.05) is 38.2 Å². The van der Waals surface area contributed by atoms with Gasteiger partial charge in [-0.3, -0.25) is 0 Å². The minimum Gasteiger partial charge on any atom is -0.377 e. The van der Waals surface area contributed by atoms with Crippen molar-refractivity contribution in [2.75, 3.05) is 32.1 Å². The second kappa shape index (κ2) is 8.11. The maximum absolute atomic E-state index is 12.9. The molecule has 0 spiro atoms. The fourth-order valence-corrected chi connectivity index (χ4v) is 5.45. The van der Waals surface area contributed by atoms with Gasteiger partial charge in [-0.25, -0.2) is 0 Å². The van der Waals surface area contributed by atoms with E-state index in [0.29, 0.717) is 32.1 Å². The molecule has 2 saturated heterocycles. The molecule has 124 valence electrons. The molecule has 2 heterocycles. The Hall–Kier alpha value is 0.120. The van der Waals surface area contributed by atoms with Crippen molar-refractivity contribution in [1.82, 2.24) is 8.61 Å². The highest BCUT2D eigenvalue weighted by Crippen LogP contribution is 2.26. The van der Waals surface area contributed by atoms with Gasteiger partial charge < -0.3 is 4.74 Å². The Balaban J connectivity index is 2.03. The van der Waals surface area contributed by atoms with Crippen molar-refractivity contribution >= 4 is 21.8 Å². The van der Waals surface area contributed by atoms with Gasteiger partial charge in [-0.15, -0.1) is 11.6 Å². The average molecular weight is 339 g/mol. The lowest BCUT2D eigenvalue weighted by Crippen LogP contribution is -2.54. The number of ether oxygens (including phenoxy) is 1. The first kappa shape index (κ1) is 17.5. The van der Waals surface area contributed by atoms with Gasteiger partial charge in [-0.05, 0) is 32.1 Å². The molecule has 2 aliphatic rings. The van der Waals surface area contributed by atoms with Gasteiger partial charge >= 0.3 is 0 Å². The van der Waals surface area contributed by atoms with Crippen LogP contribution in [0.15, 0.2) is 0 Å². The second-order valence-corrected chi connectivity index (χ2v) is 8.11. The zero-order chi connectivity index (χ0) is 15.3. The van der Waals surface area contributed by atoms with Crippen LogP contribution in [0.2, 0.25) is 0 Å². The second-order valence-electron chi connectivity index (χ2n) is 5.92. The summed E-state index contributed by atoms with van der Waals surface area (Å²) in [5.74, 6) is 0.378. The number of hydrogen-bond acceptors (Lipinski definition) is 3. The molecule has 5 nitrogen and oxygen atoms in total. The number of hydrogen-bond donors (Lipinski definition) is 0. The molecule has 0 amide bonds. The monoisotopic (exact) mass is 338 g/mol. The maximum atomic E-state index is 12.9. The third-order valence-electron chi connectivity index (χ3n) is 4.27. The Morgan fingerprint density at radius 1 is 1.19 bits per heavy atom. The van der Waals surface area contributed by atoms with E-state index in [1.54, 1.807) is 8.61 Å². The van der Waals surface area contributed by atoms with Crippen molar-refractivity contribution in [2.45, 2.75) is 57.6 Å². The number of nitrogens with zero attached hydrogens (tertiary/aromatic N) is 2. The molecule has 2 atom stereocenters. The summed E-state index contributed by atoms with van der Waals surface area (Å²) < 4.78 is 34.7. The Morgan fingerprint density at radius 2 is 2.00 bits per heavy atom. The molecule has 2 unspecified atom stereocenters. The minimum atomic E-state index is -3.40.